The van der Waals surface area contributed by atoms with Crippen molar-refractivity contribution in [3.05, 3.63) is 64.2 Å². The number of rotatable bonds is 7. The largest absolute Gasteiger partial charge is 0.507 e. The molecular formula is C18H22ClNO2. The smallest absolute Gasteiger partial charge is 0.123 e. The van der Waals surface area contributed by atoms with Gasteiger partial charge in [0, 0.05) is 29.8 Å². The van der Waals surface area contributed by atoms with Crippen molar-refractivity contribution in [2.45, 2.75) is 32.4 Å². The van der Waals surface area contributed by atoms with Crippen LogP contribution in [0.5, 0.6) is 5.75 Å². The van der Waals surface area contributed by atoms with Gasteiger partial charge in [0.25, 0.3) is 0 Å². The third-order valence-corrected chi connectivity index (χ3v) is 3.95. The molecule has 0 aliphatic carbocycles. The lowest BCUT2D eigenvalue weighted by Crippen LogP contribution is -2.21. The number of aliphatic hydroxyl groups is 1. The van der Waals surface area contributed by atoms with Crippen molar-refractivity contribution in [1.82, 2.24) is 5.32 Å². The van der Waals surface area contributed by atoms with Gasteiger partial charge in [-0.3, -0.25) is 0 Å². The molecule has 3 N–H and O–H groups in total. The fourth-order valence-corrected chi connectivity index (χ4v) is 2.84. The van der Waals surface area contributed by atoms with E-state index in [1.165, 1.54) is 5.56 Å². The van der Waals surface area contributed by atoms with Crippen LogP contribution in [0.2, 0.25) is 5.02 Å². The normalized spacial score (nSPS) is 12.3. The lowest BCUT2D eigenvalue weighted by Gasteiger charge is -2.20. The summed E-state index contributed by atoms with van der Waals surface area (Å²) in [5.41, 5.74) is 2.74. The first-order valence-corrected chi connectivity index (χ1v) is 7.86. The van der Waals surface area contributed by atoms with E-state index in [9.17, 15) is 5.11 Å². The lowest BCUT2D eigenvalue weighted by molar-refractivity contribution is 0.274. The van der Waals surface area contributed by atoms with Crippen LogP contribution in [0.1, 0.15) is 35.6 Å². The van der Waals surface area contributed by atoms with Crippen LogP contribution in [0.15, 0.2) is 42.5 Å². The fourth-order valence-electron chi connectivity index (χ4n) is 2.54. The molecule has 22 heavy (non-hydrogen) atoms. The number of hydrogen-bond acceptors (Lipinski definition) is 3. The Kier molecular flexibility index (Phi) is 6.25. The molecule has 2 aromatic carbocycles. The second-order valence-corrected chi connectivity index (χ2v) is 5.88. The summed E-state index contributed by atoms with van der Waals surface area (Å²) in [4.78, 5) is 0. The minimum Gasteiger partial charge on any atom is -0.507 e. The Morgan fingerprint density at radius 3 is 2.59 bits per heavy atom. The van der Waals surface area contributed by atoms with Gasteiger partial charge in [0.2, 0.25) is 0 Å². The number of aryl methyl sites for hydroxylation is 1. The van der Waals surface area contributed by atoms with Crippen LogP contribution in [-0.4, -0.2) is 16.8 Å². The standard InChI is InChI=1S/C18H22ClNO2/c1-13-10-16(19)11-15(18(13)22)12-20-17(8-5-9-21)14-6-3-2-4-7-14/h2-4,6-7,10-11,17,20-22H,5,8-9,12H2,1H3. The molecule has 1 unspecified atom stereocenters. The maximum atomic E-state index is 10.1. The molecule has 0 bridgehead atoms. The SMILES string of the molecule is Cc1cc(Cl)cc(CNC(CCCO)c2ccccc2)c1O. The quantitative estimate of drug-likeness (QED) is 0.724. The number of aromatic hydroxyl groups is 1. The summed E-state index contributed by atoms with van der Waals surface area (Å²) in [5, 5.41) is 23.3. The summed E-state index contributed by atoms with van der Waals surface area (Å²) in [6.45, 7) is 2.54. The molecule has 118 valence electrons. The van der Waals surface area contributed by atoms with E-state index in [0.717, 1.165) is 24.0 Å². The zero-order valence-corrected chi connectivity index (χ0v) is 13.5. The predicted molar refractivity (Wildman–Crippen MR) is 90.2 cm³/mol. The molecule has 0 amide bonds. The average molecular weight is 320 g/mol. The molecule has 0 radical (unpaired) electrons. The van der Waals surface area contributed by atoms with Crippen LogP contribution in [0.3, 0.4) is 0 Å². The summed E-state index contributed by atoms with van der Waals surface area (Å²) < 4.78 is 0. The number of phenols is 1. The zero-order chi connectivity index (χ0) is 15.9. The number of hydrogen-bond donors (Lipinski definition) is 3. The molecule has 1 atom stereocenters. The molecule has 2 rings (SSSR count). The summed E-state index contributed by atoms with van der Waals surface area (Å²) in [5.74, 6) is 0.283. The van der Waals surface area contributed by atoms with Crippen LogP contribution in [0.25, 0.3) is 0 Å². The molecule has 4 heteroatoms. The minimum atomic E-state index is 0.132. The highest BCUT2D eigenvalue weighted by molar-refractivity contribution is 6.30. The van der Waals surface area contributed by atoms with Gasteiger partial charge in [-0.05, 0) is 43.0 Å². The molecule has 0 aliphatic rings. The maximum Gasteiger partial charge on any atom is 0.123 e. The third kappa shape index (κ3) is 4.47. The number of aliphatic hydroxyl groups excluding tert-OH is 1. The first-order chi connectivity index (χ1) is 10.6. The summed E-state index contributed by atoms with van der Waals surface area (Å²) in [6.07, 6.45) is 1.56. The topological polar surface area (TPSA) is 52.5 Å². The molecule has 0 spiro atoms. The fraction of sp³-hybridized carbons (Fsp3) is 0.333. The monoisotopic (exact) mass is 319 g/mol. The van der Waals surface area contributed by atoms with Crippen molar-refractivity contribution < 1.29 is 10.2 Å². The van der Waals surface area contributed by atoms with Gasteiger partial charge in [-0.2, -0.15) is 0 Å². The van der Waals surface area contributed by atoms with Crippen molar-refractivity contribution in [3.63, 3.8) is 0 Å². The van der Waals surface area contributed by atoms with E-state index in [0.29, 0.717) is 11.6 Å². The Hall–Kier alpha value is -1.55. The third-order valence-electron chi connectivity index (χ3n) is 3.74. The predicted octanol–water partition coefficient (Wildman–Crippen LogP) is 3.96. The van der Waals surface area contributed by atoms with E-state index in [2.05, 4.69) is 17.4 Å². The van der Waals surface area contributed by atoms with Crippen LogP contribution in [-0.2, 0) is 6.54 Å². The van der Waals surface area contributed by atoms with Gasteiger partial charge in [0.05, 0.1) is 0 Å². The number of halogens is 1. The van der Waals surface area contributed by atoms with Crippen LogP contribution in [0.4, 0.5) is 0 Å². The second kappa shape index (κ2) is 8.18. The molecule has 0 saturated carbocycles. The van der Waals surface area contributed by atoms with Crippen molar-refractivity contribution in [2.24, 2.45) is 0 Å². The molecule has 0 aliphatic heterocycles. The highest BCUT2D eigenvalue weighted by Gasteiger charge is 2.12. The summed E-state index contributed by atoms with van der Waals surface area (Å²) in [6, 6.07) is 13.8. The first-order valence-electron chi connectivity index (χ1n) is 7.49. The van der Waals surface area contributed by atoms with Gasteiger partial charge in [0.1, 0.15) is 5.75 Å². The highest BCUT2D eigenvalue weighted by atomic mass is 35.5. The van der Waals surface area contributed by atoms with Crippen molar-refractivity contribution >= 4 is 11.6 Å². The van der Waals surface area contributed by atoms with Crippen LogP contribution < -0.4 is 5.32 Å². The number of phenolic OH excluding ortho intramolecular Hbond substituents is 1. The van der Waals surface area contributed by atoms with E-state index < -0.39 is 0 Å². The van der Waals surface area contributed by atoms with E-state index in [4.69, 9.17) is 16.7 Å². The Balaban J connectivity index is 2.11. The minimum absolute atomic E-state index is 0.132. The number of nitrogens with one attached hydrogen (secondary N) is 1. The van der Waals surface area contributed by atoms with Gasteiger partial charge in [-0.1, -0.05) is 41.9 Å². The second-order valence-electron chi connectivity index (χ2n) is 5.44. The Labute approximate surface area is 136 Å². The molecule has 3 nitrogen and oxygen atoms in total. The number of benzene rings is 2. The van der Waals surface area contributed by atoms with E-state index in [1.807, 2.05) is 25.1 Å². The Morgan fingerprint density at radius 2 is 1.91 bits per heavy atom. The van der Waals surface area contributed by atoms with Gasteiger partial charge in [0.15, 0.2) is 0 Å². The summed E-state index contributed by atoms with van der Waals surface area (Å²) >= 11 is 6.07. The Bertz CT molecular complexity index is 602. The molecule has 2 aromatic rings. The highest BCUT2D eigenvalue weighted by Crippen LogP contribution is 2.27. The molecular weight excluding hydrogens is 298 g/mol. The molecule has 0 aromatic heterocycles. The maximum absolute atomic E-state index is 10.1. The average Bonchev–Trinajstić information content (AvgIpc) is 2.52. The van der Waals surface area contributed by atoms with Gasteiger partial charge < -0.3 is 15.5 Å². The van der Waals surface area contributed by atoms with Crippen molar-refractivity contribution in [3.8, 4) is 5.75 Å². The lowest BCUT2D eigenvalue weighted by atomic mass is 10.0. The van der Waals surface area contributed by atoms with Crippen LogP contribution >= 0.6 is 11.6 Å². The van der Waals surface area contributed by atoms with Gasteiger partial charge in [-0.15, -0.1) is 0 Å². The van der Waals surface area contributed by atoms with E-state index in [-0.39, 0.29) is 18.4 Å². The Morgan fingerprint density at radius 1 is 1.18 bits per heavy atom. The first kappa shape index (κ1) is 16.8. The van der Waals surface area contributed by atoms with Crippen molar-refractivity contribution in [2.75, 3.05) is 6.61 Å². The zero-order valence-electron chi connectivity index (χ0n) is 12.7. The van der Waals surface area contributed by atoms with Gasteiger partial charge in [-0.25, -0.2) is 0 Å². The van der Waals surface area contributed by atoms with Gasteiger partial charge >= 0.3 is 0 Å². The van der Waals surface area contributed by atoms with Crippen LogP contribution in [0, 0.1) is 6.92 Å². The van der Waals surface area contributed by atoms with E-state index in [1.54, 1.807) is 12.1 Å². The molecule has 0 heterocycles. The molecule has 0 saturated heterocycles. The van der Waals surface area contributed by atoms with E-state index >= 15 is 0 Å². The molecule has 0 fully saturated rings. The summed E-state index contributed by atoms with van der Waals surface area (Å²) in [7, 11) is 0. The van der Waals surface area contributed by atoms with Crippen molar-refractivity contribution in [1.29, 1.82) is 0 Å².